The maximum absolute atomic E-state index is 14.9. The van der Waals surface area contributed by atoms with Crippen molar-refractivity contribution in [1.29, 1.82) is 0 Å². The van der Waals surface area contributed by atoms with Crippen LogP contribution in [0.25, 0.3) is 11.3 Å². The lowest BCUT2D eigenvalue weighted by molar-refractivity contribution is 0.0691. The fourth-order valence-electron chi connectivity index (χ4n) is 2.94. The number of hydrogen-bond donors (Lipinski definition) is 2. The predicted octanol–water partition coefficient (Wildman–Crippen LogP) is 5.07. The van der Waals surface area contributed by atoms with Gasteiger partial charge in [-0.05, 0) is 37.6 Å². The summed E-state index contributed by atoms with van der Waals surface area (Å²) in [5.41, 5.74) is -0.145. The smallest absolute Gasteiger partial charge is 0.339 e. The molecule has 0 fully saturated rings. The molecule has 0 bridgehead atoms. The second kappa shape index (κ2) is 9.78. The first-order valence-corrected chi connectivity index (χ1v) is 9.99. The van der Waals surface area contributed by atoms with Gasteiger partial charge < -0.3 is 15.2 Å². The molecule has 0 saturated carbocycles. The van der Waals surface area contributed by atoms with Crippen molar-refractivity contribution in [2.75, 3.05) is 18.5 Å². The zero-order chi connectivity index (χ0) is 22.5. The third-order valence-corrected chi connectivity index (χ3v) is 4.80. The third-order valence-electron chi connectivity index (χ3n) is 4.35. The lowest BCUT2D eigenvalue weighted by atomic mass is 10.1. The van der Waals surface area contributed by atoms with Crippen LogP contribution in [0.1, 0.15) is 22.8 Å². The number of hydrogen-bond acceptors (Lipinski definition) is 5. The van der Waals surface area contributed by atoms with Crippen LogP contribution in [-0.2, 0) is 6.42 Å². The average molecular weight is 496 g/mol. The van der Waals surface area contributed by atoms with E-state index in [0.717, 1.165) is 0 Å². The molecule has 162 valence electrons. The SMILES string of the molecule is CCOc1c(C(=O)O)ccc(-c2cc(NCCc3c(F)cc(Br)cc3F)ncn2)c1F. The molecule has 0 aliphatic rings. The van der Waals surface area contributed by atoms with E-state index in [0.29, 0.717) is 10.3 Å². The van der Waals surface area contributed by atoms with Gasteiger partial charge >= 0.3 is 5.97 Å². The summed E-state index contributed by atoms with van der Waals surface area (Å²) < 4.78 is 48.3. The standard InChI is InChI=1S/C21H17BrF3N3O3/c1-2-31-20-14(21(29)30)4-3-13(19(20)25)17-9-18(28-10-27-17)26-6-5-12-15(23)7-11(22)8-16(12)24/h3-4,7-10H,2,5-6H2,1H3,(H,29,30)(H,26,27,28). The number of carboxylic acids is 1. The highest BCUT2D eigenvalue weighted by atomic mass is 79.9. The summed E-state index contributed by atoms with van der Waals surface area (Å²) in [5, 5.41) is 12.1. The van der Waals surface area contributed by atoms with Gasteiger partial charge in [0.05, 0.1) is 12.3 Å². The van der Waals surface area contributed by atoms with Crippen LogP contribution >= 0.6 is 15.9 Å². The molecule has 10 heteroatoms. The van der Waals surface area contributed by atoms with Gasteiger partial charge in [-0.1, -0.05) is 15.9 Å². The molecule has 0 aliphatic carbocycles. The number of rotatable bonds is 8. The van der Waals surface area contributed by atoms with Crippen LogP contribution in [0.15, 0.2) is 41.1 Å². The van der Waals surface area contributed by atoms with Gasteiger partial charge in [0.15, 0.2) is 11.6 Å². The molecule has 0 saturated heterocycles. The van der Waals surface area contributed by atoms with Crippen molar-refractivity contribution in [2.24, 2.45) is 0 Å². The molecule has 0 spiro atoms. The lowest BCUT2D eigenvalue weighted by Gasteiger charge is -2.12. The van der Waals surface area contributed by atoms with Gasteiger partial charge in [0.2, 0.25) is 0 Å². The maximum atomic E-state index is 14.9. The van der Waals surface area contributed by atoms with Crippen LogP contribution in [0.5, 0.6) is 5.75 Å². The molecule has 1 heterocycles. The monoisotopic (exact) mass is 495 g/mol. The largest absolute Gasteiger partial charge is 0.490 e. The first kappa shape index (κ1) is 22.5. The number of carboxylic acid groups (broad SMARTS) is 1. The molecule has 31 heavy (non-hydrogen) atoms. The van der Waals surface area contributed by atoms with Crippen LogP contribution < -0.4 is 10.1 Å². The maximum Gasteiger partial charge on any atom is 0.339 e. The van der Waals surface area contributed by atoms with Crippen molar-refractivity contribution in [3.8, 4) is 17.0 Å². The Balaban J connectivity index is 1.81. The molecule has 3 rings (SSSR count). The Labute approximate surface area is 184 Å². The molecular formula is C21H17BrF3N3O3. The second-order valence-corrected chi connectivity index (χ2v) is 7.27. The van der Waals surface area contributed by atoms with Gasteiger partial charge in [0.25, 0.3) is 0 Å². The minimum atomic E-state index is -1.31. The van der Waals surface area contributed by atoms with E-state index in [-0.39, 0.29) is 47.7 Å². The summed E-state index contributed by atoms with van der Waals surface area (Å²) in [7, 11) is 0. The van der Waals surface area contributed by atoms with E-state index in [4.69, 9.17) is 4.74 Å². The van der Waals surface area contributed by atoms with Crippen molar-refractivity contribution in [2.45, 2.75) is 13.3 Å². The third kappa shape index (κ3) is 5.13. The zero-order valence-corrected chi connectivity index (χ0v) is 17.8. The van der Waals surface area contributed by atoms with Crippen molar-refractivity contribution in [1.82, 2.24) is 9.97 Å². The van der Waals surface area contributed by atoms with Gasteiger partial charge in [0.1, 0.15) is 29.3 Å². The molecule has 0 aliphatic heterocycles. The Bertz CT molecular complexity index is 1110. The van der Waals surface area contributed by atoms with E-state index in [1.807, 2.05) is 0 Å². The molecule has 0 atom stereocenters. The molecule has 6 nitrogen and oxygen atoms in total. The number of anilines is 1. The summed E-state index contributed by atoms with van der Waals surface area (Å²) in [5.74, 6) is -3.57. The van der Waals surface area contributed by atoms with Gasteiger partial charge in [-0.25, -0.2) is 27.9 Å². The molecule has 2 N–H and O–H groups in total. The number of nitrogens with zero attached hydrogens (tertiary/aromatic N) is 2. The van der Waals surface area contributed by atoms with E-state index >= 15 is 0 Å². The number of benzene rings is 2. The van der Waals surface area contributed by atoms with Gasteiger partial charge in [0, 0.05) is 28.2 Å². The van der Waals surface area contributed by atoms with E-state index in [1.54, 1.807) is 6.92 Å². The van der Waals surface area contributed by atoms with Crippen LogP contribution in [0.2, 0.25) is 0 Å². The summed E-state index contributed by atoms with van der Waals surface area (Å²) in [6, 6.07) is 6.34. The lowest BCUT2D eigenvalue weighted by Crippen LogP contribution is -2.09. The summed E-state index contributed by atoms with van der Waals surface area (Å²) in [6.07, 6.45) is 1.25. The Morgan fingerprint density at radius 1 is 1.16 bits per heavy atom. The van der Waals surface area contributed by atoms with Crippen LogP contribution in [0, 0.1) is 17.5 Å². The van der Waals surface area contributed by atoms with Crippen molar-refractivity contribution < 1.29 is 27.8 Å². The Kier molecular flexibility index (Phi) is 7.11. The van der Waals surface area contributed by atoms with E-state index < -0.39 is 23.4 Å². The summed E-state index contributed by atoms with van der Waals surface area (Å²) >= 11 is 3.03. The molecular weight excluding hydrogens is 479 g/mol. The number of ether oxygens (including phenoxy) is 1. The molecule has 1 aromatic heterocycles. The Hall–Kier alpha value is -3.14. The van der Waals surface area contributed by atoms with Gasteiger partial charge in [-0.3, -0.25) is 0 Å². The predicted molar refractivity (Wildman–Crippen MR) is 112 cm³/mol. The first-order chi connectivity index (χ1) is 14.8. The number of carbonyl (C=O) groups is 1. The minimum absolute atomic E-state index is 0.0314. The molecule has 3 aromatic rings. The molecule has 0 radical (unpaired) electrons. The number of aromatic carboxylic acids is 1. The van der Waals surface area contributed by atoms with Gasteiger partial charge in [-0.15, -0.1) is 0 Å². The van der Waals surface area contributed by atoms with E-state index in [9.17, 15) is 23.1 Å². The number of halogens is 4. The zero-order valence-electron chi connectivity index (χ0n) is 16.3. The van der Waals surface area contributed by atoms with Crippen molar-refractivity contribution in [3.63, 3.8) is 0 Å². The summed E-state index contributed by atoms with van der Waals surface area (Å²) in [4.78, 5) is 19.4. The van der Waals surface area contributed by atoms with E-state index in [2.05, 4.69) is 31.2 Å². The fourth-order valence-corrected chi connectivity index (χ4v) is 3.34. The number of aromatic nitrogens is 2. The van der Waals surface area contributed by atoms with Crippen LogP contribution in [0.3, 0.4) is 0 Å². The molecule has 2 aromatic carbocycles. The quantitative estimate of drug-likeness (QED) is 0.453. The van der Waals surface area contributed by atoms with Crippen LogP contribution in [-0.4, -0.2) is 34.2 Å². The fraction of sp³-hybridized carbons (Fsp3) is 0.190. The topological polar surface area (TPSA) is 84.3 Å². The van der Waals surface area contributed by atoms with Crippen molar-refractivity contribution >= 4 is 27.7 Å². The Morgan fingerprint density at radius 2 is 1.87 bits per heavy atom. The van der Waals surface area contributed by atoms with Gasteiger partial charge in [-0.2, -0.15) is 0 Å². The normalized spacial score (nSPS) is 10.7. The first-order valence-electron chi connectivity index (χ1n) is 9.20. The van der Waals surface area contributed by atoms with E-state index in [1.165, 1.54) is 36.7 Å². The highest BCUT2D eigenvalue weighted by molar-refractivity contribution is 9.10. The second-order valence-electron chi connectivity index (χ2n) is 6.36. The molecule has 0 unspecified atom stereocenters. The summed E-state index contributed by atoms with van der Waals surface area (Å²) in [6.45, 7) is 1.86. The highest BCUT2D eigenvalue weighted by Gasteiger charge is 2.21. The van der Waals surface area contributed by atoms with Crippen molar-refractivity contribution in [3.05, 3.63) is 69.7 Å². The minimum Gasteiger partial charge on any atom is -0.490 e. The average Bonchev–Trinajstić information content (AvgIpc) is 2.71. The highest BCUT2D eigenvalue weighted by Crippen LogP contribution is 2.32. The van der Waals surface area contributed by atoms with Crippen LogP contribution in [0.4, 0.5) is 19.0 Å². The molecule has 0 amide bonds. The Morgan fingerprint density at radius 3 is 2.52 bits per heavy atom. The number of nitrogens with one attached hydrogen (secondary N) is 1.